The maximum Gasteiger partial charge on any atom is 0.207 e. The summed E-state index contributed by atoms with van der Waals surface area (Å²) in [6.07, 6.45) is 4.06. The van der Waals surface area contributed by atoms with Crippen LogP contribution >= 0.6 is 11.3 Å². The van der Waals surface area contributed by atoms with Gasteiger partial charge in [0.2, 0.25) is 5.82 Å². The number of carbonyl (C=O) groups is 2. The van der Waals surface area contributed by atoms with Crippen molar-refractivity contribution < 1.29 is 18.7 Å². The molecule has 0 amide bonds. The van der Waals surface area contributed by atoms with Crippen molar-refractivity contribution in [3.05, 3.63) is 57.6 Å². The van der Waals surface area contributed by atoms with Crippen LogP contribution in [0.2, 0.25) is 0 Å². The number of nitrogens with zero attached hydrogens (tertiary/aromatic N) is 4. The molecule has 4 rings (SSSR count). The predicted octanol–water partition coefficient (Wildman–Crippen LogP) is 5.76. The fourth-order valence-corrected chi connectivity index (χ4v) is 5.64. The highest BCUT2D eigenvalue weighted by atomic mass is 32.1. The van der Waals surface area contributed by atoms with Crippen LogP contribution in [0.5, 0.6) is 5.75 Å². The van der Waals surface area contributed by atoms with E-state index in [9.17, 15) is 14.0 Å². The van der Waals surface area contributed by atoms with E-state index in [4.69, 9.17) is 4.74 Å². The molecule has 1 fully saturated rings. The fourth-order valence-electron chi connectivity index (χ4n) is 4.60. The quantitative estimate of drug-likeness (QED) is 0.267. The average Bonchev–Trinajstić information content (AvgIpc) is 3.54. The molecule has 0 radical (unpaired) electrons. The smallest absolute Gasteiger partial charge is 0.207 e. The van der Waals surface area contributed by atoms with Gasteiger partial charge in [-0.15, -0.1) is 11.3 Å². The molecule has 3 heterocycles. The lowest BCUT2D eigenvalue weighted by Gasteiger charge is -2.19. The molecule has 2 aromatic heterocycles. The number of anilines is 2. The molecule has 0 saturated carbocycles. The molecule has 1 saturated heterocycles. The van der Waals surface area contributed by atoms with E-state index in [1.54, 1.807) is 0 Å². The maximum absolute atomic E-state index is 14.9. The topological polar surface area (TPSA) is 97.3 Å². The predicted molar refractivity (Wildman–Crippen MR) is 152 cm³/mol. The van der Waals surface area contributed by atoms with Gasteiger partial charge < -0.3 is 15.0 Å². The van der Waals surface area contributed by atoms with Gasteiger partial charge in [0.1, 0.15) is 29.0 Å². The second kappa shape index (κ2) is 13.1. The highest BCUT2D eigenvalue weighted by molar-refractivity contribution is 7.14. The first-order valence-corrected chi connectivity index (χ1v) is 14.4. The summed E-state index contributed by atoms with van der Waals surface area (Å²) in [5, 5.41) is 3.71. The molecule has 0 unspecified atom stereocenters. The standard InChI is InChI=1S/C29H36FN5O3S/c1-5-12-31-28-26(30)29(33-17-32-28)35-13-11-23(16-35)38-22-9-7-20(8-10-22)18(3)14-24(37)27-19(4)34-25(39-27)15-21(36)6-2/h7-10,17-18,23H,5-6,11-16H2,1-4H3,(H,31,32,33)/t18-,23-/m1/s1. The lowest BCUT2D eigenvalue weighted by atomic mass is 9.95. The van der Waals surface area contributed by atoms with Crippen molar-refractivity contribution in [1.29, 1.82) is 0 Å². The molecule has 3 aromatic rings. The first-order valence-electron chi connectivity index (χ1n) is 13.6. The van der Waals surface area contributed by atoms with Crippen LogP contribution in [0.1, 0.15) is 78.3 Å². The van der Waals surface area contributed by atoms with Gasteiger partial charge in [0.15, 0.2) is 17.4 Å². The molecule has 1 aliphatic rings. The van der Waals surface area contributed by atoms with Gasteiger partial charge in [-0.1, -0.05) is 32.9 Å². The Hall–Kier alpha value is -3.40. The lowest BCUT2D eigenvalue weighted by Crippen LogP contribution is -2.26. The Morgan fingerprint density at radius 3 is 2.72 bits per heavy atom. The van der Waals surface area contributed by atoms with Crippen LogP contribution in [-0.2, 0) is 11.2 Å². The minimum Gasteiger partial charge on any atom is -0.489 e. The number of ether oxygens (including phenoxy) is 1. The molecule has 0 aliphatic carbocycles. The summed E-state index contributed by atoms with van der Waals surface area (Å²) in [5.74, 6) is 1.02. The van der Waals surface area contributed by atoms with Crippen LogP contribution in [-0.4, -0.2) is 52.3 Å². The molecule has 8 nitrogen and oxygen atoms in total. The molecule has 2 atom stereocenters. The summed E-state index contributed by atoms with van der Waals surface area (Å²) >= 11 is 1.33. The number of ketones is 2. The summed E-state index contributed by atoms with van der Waals surface area (Å²) in [4.78, 5) is 39.9. The molecule has 0 spiro atoms. The van der Waals surface area contributed by atoms with Crippen LogP contribution in [0.3, 0.4) is 0 Å². The zero-order valence-electron chi connectivity index (χ0n) is 23.0. The number of hydrogen-bond acceptors (Lipinski definition) is 9. The summed E-state index contributed by atoms with van der Waals surface area (Å²) in [7, 11) is 0. The molecule has 39 heavy (non-hydrogen) atoms. The van der Waals surface area contributed by atoms with Crippen molar-refractivity contribution in [2.45, 2.75) is 71.8 Å². The highest BCUT2D eigenvalue weighted by Crippen LogP contribution is 2.29. The number of Topliss-reactive ketones (excluding diaryl/α,β-unsaturated/α-hetero) is 2. The van der Waals surface area contributed by atoms with E-state index in [2.05, 4.69) is 20.3 Å². The van der Waals surface area contributed by atoms with E-state index in [-0.39, 0.29) is 35.8 Å². The van der Waals surface area contributed by atoms with Gasteiger partial charge in [0, 0.05) is 32.4 Å². The fraction of sp³-hybridized carbons (Fsp3) is 0.483. The molecule has 1 N–H and O–H groups in total. The second-order valence-electron chi connectivity index (χ2n) is 9.95. The minimum absolute atomic E-state index is 0.0204. The van der Waals surface area contributed by atoms with E-state index < -0.39 is 5.82 Å². The van der Waals surface area contributed by atoms with Crippen molar-refractivity contribution in [2.75, 3.05) is 29.9 Å². The van der Waals surface area contributed by atoms with Crippen LogP contribution in [0.4, 0.5) is 16.0 Å². The van der Waals surface area contributed by atoms with Gasteiger partial charge in [-0.05, 0) is 37.0 Å². The van der Waals surface area contributed by atoms with E-state index >= 15 is 0 Å². The third-order valence-electron chi connectivity index (χ3n) is 6.84. The number of benzene rings is 1. The first-order chi connectivity index (χ1) is 18.8. The molecule has 208 valence electrons. The molecule has 1 aliphatic heterocycles. The van der Waals surface area contributed by atoms with Gasteiger partial charge >= 0.3 is 0 Å². The van der Waals surface area contributed by atoms with Gasteiger partial charge in [0.05, 0.1) is 23.5 Å². The van der Waals surface area contributed by atoms with Crippen molar-refractivity contribution in [3.8, 4) is 5.75 Å². The van der Waals surface area contributed by atoms with E-state index in [1.165, 1.54) is 17.7 Å². The Bertz CT molecular complexity index is 1300. The number of rotatable bonds is 13. The molecule has 0 bridgehead atoms. The number of carbonyl (C=O) groups excluding carboxylic acids is 2. The zero-order chi connectivity index (χ0) is 27.9. The molecule has 1 aromatic carbocycles. The van der Waals surface area contributed by atoms with Crippen molar-refractivity contribution in [3.63, 3.8) is 0 Å². The molecule has 10 heteroatoms. The summed E-state index contributed by atoms with van der Waals surface area (Å²) in [6.45, 7) is 9.53. The average molecular weight is 554 g/mol. The van der Waals surface area contributed by atoms with Crippen molar-refractivity contribution in [1.82, 2.24) is 15.0 Å². The van der Waals surface area contributed by atoms with Gasteiger partial charge in [-0.2, -0.15) is 4.39 Å². The summed E-state index contributed by atoms with van der Waals surface area (Å²) in [5.41, 5.74) is 1.74. The Labute approximate surface area is 233 Å². The van der Waals surface area contributed by atoms with Crippen LogP contribution in [0.15, 0.2) is 30.6 Å². The van der Waals surface area contributed by atoms with Crippen molar-refractivity contribution >= 4 is 34.5 Å². The summed E-state index contributed by atoms with van der Waals surface area (Å²) in [6, 6.07) is 7.81. The van der Waals surface area contributed by atoms with E-state index in [0.717, 1.165) is 24.2 Å². The maximum atomic E-state index is 14.9. The minimum atomic E-state index is -0.432. The van der Waals surface area contributed by atoms with Crippen LogP contribution < -0.4 is 15.0 Å². The van der Waals surface area contributed by atoms with E-state index in [0.29, 0.717) is 53.9 Å². The Morgan fingerprint density at radius 2 is 2.00 bits per heavy atom. The zero-order valence-corrected chi connectivity index (χ0v) is 23.8. The second-order valence-corrected chi connectivity index (χ2v) is 11.0. The number of aryl methyl sites for hydroxylation is 1. The first kappa shape index (κ1) is 28.6. The largest absolute Gasteiger partial charge is 0.489 e. The SMILES string of the molecule is CCCNc1ncnc(N2CC[C@@H](Oc3ccc([C@H](C)CC(=O)c4sc(CC(=O)CC)nc4C)cc3)C2)c1F. The Balaban J connectivity index is 1.32. The number of thiazole rings is 1. The third-order valence-corrected chi connectivity index (χ3v) is 8.04. The number of hydrogen-bond donors (Lipinski definition) is 1. The van der Waals surface area contributed by atoms with Gasteiger partial charge in [0.25, 0.3) is 0 Å². The highest BCUT2D eigenvalue weighted by Gasteiger charge is 2.28. The Morgan fingerprint density at radius 1 is 1.23 bits per heavy atom. The normalized spacial score (nSPS) is 15.8. The van der Waals surface area contributed by atoms with Crippen molar-refractivity contribution in [2.24, 2.45) is 0 Å². The third kappa shape index (κ3) is 7.17. The van der Waals surface area contributed by atoms with Gasteiger partial charge in [-0.3, -0.25) is 9.59 Å². The van der Waals surface area contributed by atoms with Crippen LogP contribution in [0, 0.1) is 12.7 Å². The molecular weight excluding hydrogens is 517 g/mol. The molecular formula is C29H36FN5O3S. The number of halogens is 1. The monoisotopic (exact) mass is 553 g/mol. The number of aromatic nitrogens is 3. The summed E-state index contributed by atoms with van der Waals surface area (Å²) < 4.78 is 21.1. The Kier molecular flexibility index (Phi) is 9.61. The van der Waals surface area contributed by atoms with Gasteiger partial charge in [-0.25, -0.2) is 15.0 Å². The van der Waals surface area contributed by atoms with E-state index in [1.807, 2.05) is 56.9 Å². The van der Waals surface area contributed by atoms with Crippen LogP contribution in [0.25, 0.3) is 0 Å². The number of nitrogens with one attached hydrogen (secondary N) is 1. The lowest BCUT2D eigenvalue weighted by molar-refractivity contribution is -0.118.